The number of halogens is 3. The topological polar surface area (TPSA) is 93.6 Å². The summed E-state index contributed by atoms with van der Waals surface area (Å²) in [4.78, 5) is 15.6. The second-order valence-corrected chi connectivity index (χ2v) is 6.44. The second kappa shape index (κ2) is 7.52. The molecule has 3 rings (SSSR count). The molecule has 1 N–H and O–H groups in total. The van der Waals surface area contributed by atoms with Gasteiger partial charge < -0.3 is 19.4 Å². The van der Waals surface area contributed by atoms with Crippen LogP contribution in [0.15, 0.2) is 28.8 Å². The Morgan fingerprint density at radius 2 is 2.14 bits per heavy atom. The Balaban J connectivity index is 1.83. The molecule has 1 amide bonds. The molecule has 0 aliphatic carbocycles. The molecule has 1 aromatic heterocycles. The van der Waals surface area contributed by atoms with Gasteiger partial charge in [0, 0.05) is 31.4 Å². The lowest BCUT2D eigenvalue weighted by atomic mass is 10.0. The first-order chi connectivity index (χ1) is 13.2. The van der Waals surface area contributed by atoms with Crippen LogP contribution in [-0.2, 0) is 6.18 Å². The number of benzene rings is 1. The number of alkyl halides is 3. The zero-order chi connectivity index (χ0) is 20.5. The lowest BCUT2D eigenvalue weighted by Crippen LogP contribution is -2.56. The fraction of sp³-hybridized carbons (Fsp3) is 0.389. The minimum atomic E-state index is -4.67. The maximum atomic E-state index is 13.2. The molecule has 0 bridgehead atoms. The van der Waals surface area contributed by atoms with Gasteiger partial charge in [0.05, 0.1) is 29.8 Å². The Labute approximate surface area is 158 Å². The second-order valence-electron chi connectivity index (χ2n) is 6.44. The first-order valence-corrected chi connectivity index (χ1v) is 8.46. The van der Waals surface area contributed by atoms with Gasteiger partial charge in [-0.1, -0.05) is 5.16 Å². The Morgan fingerprint density at radius 3 is 2.71 bits per heavy atom. The summed E-state index contributed by atoms with van der Waals surface area (Å²) in [5.41, 5.74) is -1.12. The molecule has 1 aromatic carbocycles. The minimum Gasteiger partial charge on any atom is -0.394 e. The summed E-state index contributed by atoms with van der Waals surface area (Å²) in [6.07, 6.45) is -4.67. The van der Waals surface area contributed by atoms with Crippen LogP contribution in [0.3, 0.4) is 0 Å². The highest BCUT2D eigenvalue weighted by Crippen LogP contribution is 2.35. The molecule has 1 saturated heterocycles. The normalized spacial score (nSPS) is 17.5. The molecule has 0 radical (unpaired) electrons. The molecule has 1 unspecified atom stereocenters. The number of carbonyl (C=O) groups excluding carboxylic acids is 1. The number of hydrogen-bond acceptors (Lipinski definition) is 6. The molecule has 1 aliphatic heterocycles. The van der Waals surface area contributed by atoms with Gasteiger partial charge in [-0.05, 0) is 25.1 Å². The van der Waals surface area contributed by atoms with Crippen molar-refractivity contribution in [3.63, 3.8) is 0 Å². The minimum absolute atomic E-state index is 0.114. The average molecular weight is 394 g/mol. The standard InChI is InChI=1S/C18H17F3N4O3/c1-11-6-16(23-28-11)17(27)24-4-5-25(14(9-24)10-26)13-3-2-12(8-22)15(7-13)18(19,20)21/h2-3,6-7,14,26H,4-5,9-10H2,1H3. The number of anilines is 1. The van der Waals surface area contributed by atoms with Gasteiger partial charge >= 0.3 is 6.18 Å². The van der Waals surface area contributed by atoms with Gasteiger partial charge in [-0.25, -0.2) is 0 Å². The van der Waals surface area contributed by atoms with Crippen LogP contribution >= 0.6 is 0 Å². The monoisotopic (exact) mass is 394 g/mol. The van der Waals surface area contributed by atoms with Crippen molar-refractivity contribution < 1.29 is 27.6 Å². The predicted octanol–water partition coefficient (Wildman–Crippen LogP) is 2.20. The third-order valence-corrected chi connectivity index (χ3v) is 4.59. The SMILES string of the molecule is Cc1cc(C(=O)N2CCN(c3ccc(C#N)c(C(F)(F)F)c3)C(CO)C2)no1. The fourth-order valence-electron chi connectivity index (χ4n) is 3.21. The van der Waals surface area contributed by atoms with Crippen molar-refractivity contribution in [1.82, 2.24) is 10.1 Å². The Hall–Kier alpha value is -3.06. The highest BCUT2D eigenvalue weighted by molar-refractivity contribution is 5.92. The number of aliphatic hydroxyl groups is 1. The van der Waals surface area contributed by atoms with Crippen LogP contribution in [0.5, 0.6) is 0 Å². The Bertz CT molecular complexity index is 920. The summed E-state index contributed by atoms with van der Waals surface area (Å²) in [6.45, 7) is 1.87. The number of hydrogen-bond donors (Lipinski definition) is 1. The first kappa shape index (κ1) is 19.7. The van der Waals surface area contributed by atoms with E-state index in [0.29, 0.717) is 5.76 Å². The van der Waals surface area contributed by atoms with Crippen molar-refractivity contribution in [3.8, 4) is 6.07 Å². The van der Waals surface area contributed by atoms with E-state index in [0.717, 1.165) is 12.1 Å². The van der Waals surface area contributed by atoms with Gasteiger partial charge in [0.1, 0.15) is 5.76 Å². The van der Waals surface area contributed by atoms with E-state index < -0.39 is 23.3 Å². The van der Waals surface area contributed by atoms with E-state index in [1.54, 1.807) is 17.9 Å². The fourth-order valence-corrected chi connectivity index (χ4v) is 3.21. The van der Waals surface area contributed by atoms with Gasteiger partial charge in [-0.2, -0.15) is 18.4 Å². The van der Waals surface area contributed by atoms with Crippen LogP contribution in [0.1, 0.15) is 27.4 Å². The number of piperazine rings is 1. The zero-order valence-corrected chi connectivity index (χ0v) is 14.9. The van der Waals surface area contributed by atoms with E-state index >= 15 is 0 Å². The molecule has 0 saturated carbocycles. The van der Waals surface area contributed by atoms with Crippen LogP contribution in [-0.4, -0.2) is 53.4 Å². The number of aryl methyl sites for hydroxylation is 1. The number of rotatable bonds is 3. The smallest absolute Gasteiger partial charge is 0.394 e. The summed E-state index contributed by atoms with van der Waals surface area (Å²) in [5.74, 6) is 0.115. The van der Waals surface area contributed by atoms with Gasteiger partial charge in [0.25, 0.3) is 5.91 Å². The van der Waals surface area contributed by atoms with Crippen LogP contribution in [0.25, 0.3) is 0 Å². The molecule has 28 heavy (non-hydrogen) atoms. The molecule has 1 aliphatic rings. The number of aromatic nitrogens is 1. The summed E-state index contributed by atoms with van der Waals surface area (Å²) in [7, 11) is 0. The molecular weight excluding hydrogens is 377 g/mol. The number of amides is 1. The quantitative estimate of drug-likeness (QED) is 0.858. The van der Waals surface area contributed by atoms with Gasteiger partial charge in [-0.3, -0.25) is 4.79 Å². The number of aliphatic hydroxyl groups excluding tert-OH is 1. The third kappa shape index (κ3) is 3.80. The molecule has 10 heteroatoms. The summed E-state index contributed by atoms with van der Waals surface area (Å²) >= 11 is 0. The molecule has 2 aromatic rings. The maximum absolute atomic E-state index is 13.2. The van der Waals surface area contributed by atoms with Gasteiger partial charge in [0.15, 0.2) is 5.69 Å². The lowest BCUT2D eigenvalue weighted by molar-refractivity contribution is -0.137. The van der Waals surface area contributed by atoms with E-state index in [1.165, 1.54) is 17.0 Å². The predicted molar refractivity (Wildman–Crippen MR) is 91.5 cm³/mol. The highest BCUT2D eigenvalue weighted by atomic mass is 19.4. The Kier molecular flexibility index (Phi) is 5.29. The van der Waals surface area contributed by atoms with E-state index in [4.69, 9.17) is 9.78 Å². The van der Waals surface area contributed by atoms with E-state index in [1.807, 2.05) is 0 Å². The molecule has 2 heterocycles. The van der Waals surface area contributed by atoms with E-state index in [2.05, 4.69) is 5.16 Å². The molecule has 0 spiro atoms. The van der Waals surface area contributed by atoms with Crippen molar-refractivity contribution in [2.75, 3.05) is 31.1 Å². The van der Waals surface area contributed by atoms with Crippen molar-refractivity contribution in [2.24, 2.45) is 0 Å². The number of nitrogens with zero attached hydrogens (tertiary/aromatic N) is 4. The molecule has 148 valence electrons. The molecule has 1 atom stereocenters. The van der Waals surface area contributed by atoms with Crippen LogP contribution in [0.2, 0.25) is 0 Å². The van der Waals surface area contributed by atoms with Crippen molar-refractivity contribution in [2.45, 2.75) is 19.1 Å². The van der Waals surface area contributed by atoms with E-state index in [-0.39, 0.29) is 43.5 Å². The summed E-state index contributed by atoms with van der Waals surface area (Å²) in [6, 6.07) is 5.87. The molecule has 1 fully saturated rings. The maximum Gasteiger partial charge on any atom is 0.417 e. The summed E-state index contributed by atoms with van der Waals surface area (Å²) < 4.78 is 44.6. The highest BCUT2D eigenvalue weighted by Gasteiger charge is 2.36. The van der Waals surface area contributed by atoms with Crippen LogP contribution < -0.4 is 4.90 Å². The zero-order valence-electron chi connectivity index (χ0n) is 14.9. The van der Waals surface area contributed by atoms with Gasteiger partial charge in [0.2, 0.25) is 0 Å². The van der Waals surface area contributed by atoms with Crippen molar-refractivity contribution in [1.29, 1.82) is 5.26 Å². The van der Waals surface area contributed by atoms with Crippen molar-refractivity contribution in [3.05, 3.63) is 46.8 Å². The lowest BCUT2D eigenvalue weighted by Gasteiger charge is -2.42. The number of carbonyl (C=O) groups is 1. The van der Waals surface area contributed by atoms with Crippen LogP contribution in [0, 0.1) is 18.3 Å². The average Bonchev–Trinajstić information content (AvgIpc) is 3.12. The molecule has 7 nitrogen and oxygen atoms in total. The van der Waals surface area contributed by atoms with Gasteiger partial charge in [-0.15, -0.1) is 0 Å². The largest absolute Gasteiger partial charge is 0.417 e. The summed E-state index contributed by atoms with van der Waals surface area (Å²) in [5, 5.41) is 22.3. The number of nitriles is 1. The van der Waals surface area contributed by atoms with Crippen LogP contribution in [0.4, 0.5) is 18.9 Å². The Morgan fingerprint density at radius 1 is 1.39 bits per heavy atom. The van der Waals surface area contributed by atoms with Crippen molar-refractivity contribution >= 4 is 11.6 Å². The third-order valence-electron chi connectivity index (χ3n) is 4.59. The molecular formula is C18H17F3N4O3. The first-order valence-electron chi connectivity index (χ1n) is 8.46. The van der Waals surface area contributed by atoms with E-state index in [9.17, 15) is 23.1 Å².